The molecule has 1 aromatic rings. The summed E-state index contributed by atoms with van der Waals surface area (Å²) in [5, 5.41) is 22.6. The summed E-state index contributed by atoms with van der Waals surface area (Å²) in [4.78, 5) is 15.6. The summed E-state index contributed by atoms with van der Waals surface area (Å²) >= 11 is 1.45. The van der Waals surface area contributed by atoms with Crippen LogP contribution in [0.1, 0.15) is 55.0 Å². The number of aryl methyl sites for hydroxylation is 1. The van der Waals surface area contributed by atoms with E-state index in [0.29, 0.717) is 23.2 Å². The normalized spacial score (nSPS) is 16.8. The number of hydrogen-bond acceptors (Lipinski definition) is 5. The summed E-state index contributed by atoms with van der Waals surface area (Å²) in [5.74, 6) is -0.112. The van der Waals surface area contributed by atoms with Crippen LogP contribution in [-0.4, -0.2) is 41.1 Å². The van der Waals surface area contributed by atoms with E-state index in [-0.39, 0.29) is 12.5 Å². The van der Waals surface area contributed by atoms with Gasteiger partial charge < -0.3 is 10.4 Å². The highest BCUT2D eigenvalue weighted by Crippen LogP contribution is 2.31. The minimum atomic E-state index is -0.458. The maximum Gasteiger partial charge on any atom is 0.239 e. The van der Waals surface area contributed by atoms with Crippen LogP contribution in [0.5, 0.6) is 0 Å². The summed E-state index contributed by atoms with van der Waals surface area (Å²) in [6, 6.07) is 2.54. The van der Waals surface area contributed by atoms with Crippen LogP contribution in [0.4, 0.5) is 5.00 Å². The molecule has 0 radical (unpaired) electrons. The molecule has 2 rings (SSSR count). The van der Waals surface area contributed by atoms with Gasteiger partial charge in [0, 0.05) is 17.5 Å². The fraction of sp³-hybridized carbons (Fsp3) is 0.667. The number of rotatable bonds is 6. The lowest BCUT2D eigenvalue weighted by Gasteiger charge is -2.34. The average Bonchev–Trinajstić information content (AvgIpc) is 2.80. The molecule has 0 spiro atoms. The van der Waals surface area contributed by atoms with Gasteiger partial charge in [0.15, 0.2) is 0 Å². The second-order valence-electron chi connectivity index (χ2n) is 6.72. The predicted molar refractivity (Wildman–Crippen MR) is 97.3 cm³/mol. The van der Waals surface area contributed by atoms with Gasteiger partial charge in [-0.05, 0) is 39.2 Å². The third kappa shape index (κ3) is 4.79. The molecule has 1 fully saturated rings. The number of amides is 1. The Bertz CT molecular complexity index is 613. The van der Waals surface area contributed by atoms with Gasteiger partial charge in [-0.2, -0.15) is 5.26 Å². The van der Waals surface area contributed by atoms with Gasteiger partial charge in [-0.25, -0.2) is 0 Å². The Morgan fingerprint density at radius 2 is 2.08 bits per heavy atom. The molecule has 1 heterocycles. The molecule has 1 aliphatic carbocycles. The monoisotopic (exact) mass is 349 g/mol. The van der Waals surface area contributed by atoms with E-state index in [4.69, 9.17) is 0 Å². The number of anilines is 1. The highest BCUT2D eigenvalue weighted by atomic mass is 32.1. The van der Waals surface area contributed by atoms with Crippen molar-refractivity contribution < 1.29 is 9.90 Å². The Labute approximate surface area is 148 Å². The summed E-state index contributed by atoms with van der Waals surface area (Å²) in [7, 11) is 0. The van der Waals surface area contributed by atoms with Crippen LogP contribution in [0.2, 0.25) is 0 Å². The molecule has 6 heteroatoms. The van der Waals surface area contributed by atoms with Crippen molar-refractivity contribution in [3.63, 3.8) is 0 Å². The molecule has 24 heavy (non-hydrogen) atoms. The van der Waals surface area contributed by atoms with Crippen LogP contribution in [0.3, 0.4) is 0 Å². The minimum Gasteiger partial charge on any atom is -0.392 e. The number of aliphatic hydroxyl groups is 1. The van der Waals surface area contributed by atoms with Crippen molar-refractivity contribution in [3.05, 3.63) is 16.0 Å². The molecule has 0 aromatic carbocycles. The van der Waals surface area contributed by atoms with Crippen LogP contribution in [0.15, 0.2) is 0 Å². The molecule has 1 aliphatic rings. The average molecular weight is 350 g/mol. The molecule has 2 N–H and O–H groups in total. The number of hydrogen-bond donors (Lipinski definition) is 2. The second kappa shape index (κ2) is 8.61. The number of nitriles is 1. The molecule has 0 aliphatic heterocycles. The Morgan fingerprint density at radius 1 is 1.42 bits per heavy atom. The van der Waals surface area contributed by atoms with Crippen molar-refractivity contribution in [1.29, 1.82) is 5.26 Å². The summed E-state index contributed by atoms with van der Waals surface area (Å²) in [6.45, 7) is 6.38. The quantitative estimate of drug-likeness (QED) is 0.827. The first-order chi connectivity index (χ1) is 11.4. The maximum atomic E-state index is 12.5. The first-order valence-electron chi connectivity index (χ1n) is 8.64. The van der Waals surface area contributed by atoms with E-state index < -0.39 is 6.10 Å². The van der Waals surface area contributed by atoms with Crippen molar-refractivity contribution in [2.45, 2.75) is 65.0 Å². The van der Waals surface area contributed by atoms with Crippen molar-refractivity contribution in [1.82, 2.24) is 4.90 Å². The third-order valence-corrected chi connectivity index (χ3v) is 5.81. The van der Waals surface area contributed by atoms with Gasteiger partial charge in [-0.3, -0.25) is 9.69 Å². The molecular weight excluding hydrogens is 322 g/mol. The fourth-order valence-corrected chi connectivity index (χ4v) is 4.36. The van der Waals surface area contributed by atoms with Crippen LogP contribution in [-0.2, 0) is 4.79 Å². The van der Waals surface area contributed by atoms with Gasteiger partial charge in [0.1, 0.15) is 11.1 Å². The molecule has 1 atom stereocenters. The van der Waals surface area contributed by atoms with E-state index in [9.17, 15) is 15.2 Å². The molecule has 0 bridgehead atoms. The number of aliphatic hydroxyl groups excluding tert-OH is 1. The molecule has 0 saturated heterocycles. The third-order valence-electron chi connectivity index (χ3n) is 4.69. The molecule has 1 amide bonds. The zero-order chi connectivity index (χ0) is 17.7. The van der Waals surface area contributed by atoms with Gasteiger partial charge in [0.25, 0.3) is 0 Å². The number of nitrogens with zero attached hydrogens (tertiary/aromatic N) is 2. The van der Waals surface area contributed by atoms with Crippen LogP contribution in [0.25, 0.3) is 0 Å². The summed E-state index contributed by atoms with van der Waals surface area (Å²) in [6.07, 6.45) is 5.33. The van der Waals surface area contributed by atoms with Crippen molar-refractivity contribution in [2.75, 3.05) is 18.4 Å². The lowest BCUT2D eigenvalue weighted by Crippen LogP contribution is -2.45. The molecule has 1 unspecified atom stereocenters. The van der Waals surface area contributed by atoms with E-state index in [1.54, 1.807) is 6.92 Å². The van der Waals surface area contributed by atoms with E-state index in [0.717, 1.165) is 23.3 Å². The van der Waals surface area contributed by atoms with Crippen LogP contribution in [0, 0.1) is 25.2 Å². The lowest BCUT2D eigenvalue weighted by atomic mass is 9.94. The van der Waals surface area contributed by atoms with Crippen LogP contribution < -0.4 is 5.32 Å². The highest BCUT2D eigenvalue weighted by Gasteiger charge is 2.25. The Balaban J connectivity index is 2.04. The van der Waals surface area contributed by atoms with E-state index in [2.05, 4.69) is 16.3 Å². The van der Waals surface area contributed by atoms with Gasteiger partial charge in [0.2, 0.25) is 5.91 Å². The molecule has 5 nitrogen and oxygen atoms in total. The smallest absolute Gasteiger partial charge is 0.239 e. The van der Waals surface area contributed by atoms with Crippen LogP contribution >= 0.6 is 11.3 Å². The maximum absolute atomic E-state index is 12.5. The number of thiophene rings is 1. The zero-order valence-electron chi connectivity index (χ0n) is 14.8. The van der Waals surface area contributed by atoms with Gasteiger partial charge in [-0.15, -0.1) is 11.3 Å². The standard InChI is InChI=1S/C18H27N3O2S/c1-12(22)10-21(15-7-5-4-6-8-15)11-17(23)20-18-16(9-19)13(2)14(3)24-18/h12,15,22H,4-8,10-11H2,1-3H3,(H,20,23). The lowest BCUT2D eigenvalue weighted by molar-refractivity contribution is -0.118. The van der Waals surface area contributed by atoms with Crippen molar-refractivity contribution >= 4 is 22.2 Å². The van der Waals surface area contributed by atoms with E-state index in [1.165, 1.54) is 30.6 Å². The Morgan fingerprint density at radius 3 is 2.67 bits per heavy atom. The Hall–Kier alpha value is -1.42. The first kappa shape index (κ1) is 18.9. The first-order valence-corrected chi connectivity index (χ1v) is 9.46. The minimum absolute atomic E-state index is 0.112. The van der Waals surface area contributed by atoms with Gasteiger partial charge >= 0.3 is 0 Å². The fourth-order valence-electron chi connectivity index (χ4n) is 3.33. The van der Waals surface area contributed by atoms with E-state index >= 15 is 0 Å². The second-order valence-corrected chi connectivity index (χ2v) is 7.94. The summed E-state index contributed by atoms with van der Waals surface area (Å²) in [5.41, 5.74) is 1.50. The van der Waals surface area contributed by atoms with Crippen molar-refractivity contribution in [3.8, 4) is 6.07 Å². The SMILES string of the molecule is Cc1sc(NC(=O)CN(CC(C)O)C2CCCCC2)c(C#N)c1C. The summed E-state index contributed by atoms with van der Waals surface area (Å²) < 4.78 is 0. The van der Waals surface area contributed by atoms with Gasteiger partial charge in [0.05, 0.1) is 18.2 Å². The molecular formula is C18H27N3O2S. The Kier molecular flexibility index (Phi) is 6.79. The predicted octanol–water partition coefficient (Wildman–Crippen LogP) is 3.19. The molecule has 1 saturated carbocycles. The number of nitrogens with one attached hydrogen (secondary N) is 1. The highest BCUT2D eigenvalue weighted by molar-refractivity contribution is 7.16. The number of carbonyl (C=O) groups excluding carboxylic acids is 1. The van der Waals surface area contributed by atoms with Gasteiger partial charge in [-0.1, -0.05) is 19.3 Å². The largest absolute Gasteiger partial charge is 0.392 e. The van der Waals surface area contributed by atoms with Crippen molar-refractivity contribution in [2.24, 2.45) is 0 Å². The molecule has 1 aromatic heterocycles. The van der Waals surface area contributed by atoms with E-state index in [1.807, 2.05) is 13.8 Å². The number of carbonyl (C=O) groups is 1. The topological polar surface area (TPSA) is 76.4 Å². The molecule has 132 valence electrons. The zero-order valence-corrected chi connectivity index (χ0v) is 15.6.